The standard InChI is InChI=1S/C66H41BN4O3/c1-3-18-43(19-4-1)48-25-16-26-49(44-20-5-2-6-21-44)64(48)70-42-69(57-31-11-12-32-58(57)70)45-22-15-23-46(40-45)72-47-35-36-51-50-24-7-10-30-56(50)71(59(51)41-47)66-53(27-17-39-68-66)52-37-38-62-63-65(52)74-61-34-14-9-29-55(61)67(63)54-28-8-13-33-60(54)73-62/h1-41H/i1D,2D,3D,4D,5D,6D,18D,19D,20D,21D. The summed E-state index contributed by atoms with van der Waals surface area (Å²) in [6.45, 7) is -0.119. The van der Waals surface area contributed by atoms with E-state index < -0.39 is 60.4 Å². The monoisotopic (exact) mass is 958 g/mol. The van der Waals surface area contributed by atoms with Crippen molar-refractivity contribution < 1.29 is 32.5 Å². The summed E-state index contributed by atoms with van der Waals surface area (Å²) in [7, 11) is 0. The summed E-state index contributed by atoms with van der Waals surface area (Å²) in [5.74, 6) is 4.73. The van der Waals surface area contributed by atoms with Crippen LogP contribution in [-0.2, 0) is 0 Å². The summed E-state index contributed by atoms with van der Waals surface area (Å²) in [4.78, 5) is 5.14. The van der Waals surface area contributed by atoms with Gasteiger partial charge in [0.05, 0.1) is 47.1 Å². The molecule has 15 rings (SSSR count). The minimum absolute atomic E-state index is 0.119. The van der Waals surface area contributed by atoms with Crippen molar-refractivity contribution in [1.82, 2.24) is 14.1 Å². The number of fused-ring (bicyclic) bond motifs is 8. The van der Waals surface area contributed by atoms with Crippen LogP contribution in [0.5, 0.6) is 34.5 Å². The van der Waals surface area contributed by atoms with Crippen LogP contribution in [0.4, 0.5) is 0 Å². The number of imidazole rings is 1. The van der Waals surface area contributed by atoms with E-state index in [1.807, 2.05) is 127 Å². The van der Waals surface area contributed by atoms with Crippen molar-refractivity contribution in [3.63, 3.8) is 0 Å². The lowest BCUT2D eigenvalue weighted by atomic mass is 9.34. The third-order valence-electron chi connectivity index (χ3n) is 13.9. The van der Waals surface area contributed by atoms with Crippen LogP contribution in [0.3, 0.4) is 0 Å². The molecule has 0 fully saturated rings. The van der Waals surface area contributed by atoms with Gasteiger partial charge >= 0.3 is 0 Å². The Balaban J connectivity index is 0.861. The van der Waals surface area contributed by atoms with Crippen LogP contribution in [0, 0.1) is 6.33 Å². The van der Waals surface area contributed by atoms with Crippen molar-refractivity contribution in [1.29, 1.82) is 0 Å². The maximum Gasteiger partial charge on any atom is 0.269 e. The highest BCUT2D eigenvalue weighted by molar-refractivity contribution is 6.98. The molecule has 2 aliphatic heterocycles. The molecule has 0 radical (unpaired) electrons. The number of ether oxygens (including phenoxy) is 3. The van der Waals surface area contributed by atoms with Gasteiger partial charge in [-0.15, -0.1) is 0 Å². The SMILES string of the molecule is [2H]c1c([2H])c([2H])c(-c2cccc(-c3c([2H])c([2H])c([2H])c([2H])c3[2H])c2-[n+]2[c-]n(-c3cccc(Oc4ccc5c6ccccc6n(-c6ncccc6-c6ccc7c8c6Oc6ccccc6B8c6ccccc6O7)c5c4)c3)c3ccccc32)c([2H])c1[2H]. The number of rotatable bonds is 8. The average Bonchev–Trinajstić information content (AvgIpc) is 1.31. The molecule has 13 aromatic rings. The summed E-state index contributed by atoms with van der Waals surface area (Å²) in [6.07, 6.45) is 5.26. The number of aromatic nitrogens is 4. The van der Waals surface area contributed by atoms with Gasteiger partial charge in [-0.05, 0) is 106 Å². The number of benzene rings is 10. The van der Waals surface area contributed by atoms with E-state index in [1.165, 1.54) is 0 Å². The molecular formula is C66H41BN4O3. The Morgan fingerprint density at radius 3 is 1.95 bits per heavy atom. The van der Waals surface area contributed by atoms with Crippen LogP contribution in [-0.4, -0.2) is 20.8 Å². The molecule has 346 valence electrons. The van der Waals surface area contributed by atoms with Gasteiger partial charge in [-0.3, -0.25) is 13.7 Å². The summed E-state index contributed by atoms with van der Waals surface area (Å²) in [5.41, 5.74) is 8.52. The second kappa shape index (κ2) is 16.9. The van der Waals surface area contributed by atoms with Gasteiger partial charge in [0.25, 0.3) is 13.0 Å². The van der Waals surface area contributed by atoms with Gasteiger partial charge in [0, 0.05) is 39.6 Å². The molecule has 0 saturated heterocycles. The molecule has 2 aliphatic rings. The fourth-order valence-corrected chi connectivity index (χ4v) is 10.8. The van der Waals surface area contributed by atoms with Crippen LogP contribution in [0.25, 0.3) is 83.4 Å². The van der Waals surface area contributed by atoms with Crippen LogP contribution < -0.4 is 35.2 Å². The van der Waals surface area contributed by atoms with E-state index in [-0.39, 0.29) is 34.7 Å². The first-order valence-electron chi connectivity index (χ1n) is 29.1. The highest BCUT2D eigenvalue weighted by atomic mass is 16.5. The molecule has 0 bridgehead atoms. The summed E-state index contributed by atoms with van der Waals surface area (Å²) < 4.78 is 114. The number of hydrogen-bond donors (Lipinski definition) is 0. The van der Waals surface area contributed by atoms with E-state index in [0.717, 1.165) is 66.6 Å². The highest BCUT2D eigenvalue weighted by Crippen LogP contribution is 2.44. The van der Waals surface area contributed by atoms with Gasteiger partial charge in [0.15, 0.2) is 0 Å². The Bertz CT molecular complexity index is 4850. The van der Waals surface area contributed by atoms with E-state index in [9.17, 15) is 0 Å². The lowest BCUT2D eigenvalue weighted by molar-refractivity contribution is -0.571. The minimum atomic E-state index is -0.575. The molecule has 0 aliphatic carbocycles. The molecule has 0 atom stereocenters. The van der Waals surface area contributed by atoms with Gasteiger partial charge in [-0.25, -0.2) is 4.98 Å². The number of para-hydroxylation sites is 6. The number of hydrogen-bond acceptors (Lipinski definition) is 4. The Hall–Kier alpha value is -9.92. The van der Waals surface area contributed by atoms with Gasteiger partial charge in [0.1, 0.15) is 40.3 Å². The van der Waals surface area contributed by atoms with E-state index in [1.54, 1.807) is 33.5 Å². The van der Waals surface area contributed by atoms with E-state index in [4.69, 9.17) is 32.9 Å². The zero-order valence-corrected chi connectivity index (χ0v) is 39.0. The molecule has 0 spiro atoms. The molecule has 0 unspecified atom stereocenters. The zero-order valence-electron chi connectivity index (χ0n) is 49.0. The van der Waals surface area contributed by atoms with Crippen molar-refractivity contribution >= 4 is 55.9 Å². The first kappa shape index (κ1) is 32.9. The van der Waals surface area contributed by atoms with Crippen LogP contribution in [0.2, 0.25) is 0 Å². The molecule has 3 aromatic heterocycles. The van der Waals surface area contributed by atoms with Crippen molar-refractivity contribution in [2.24, 2.45) is 0 Å². The van der Waals surface area contributed by atoms with Gasteiger partial charge in [-0.2, -0.15) is 0 Å². The van der Waals surface area contributed by atoms with E-state index in [0.29, 0.717) is 39.8 Å². The number of pyridine rings is 1. The second-order valence-electron chi connectivity index (χ2n) is 18.0. The molecular weight excluding hydrogens is 908 g/mol. The first-order valence-corrected chi connectivity index (χ1v) is 24.1. The lowest BCUT2D eigenvalue weighted by Crippen LogP contribution is -2.57. The quantitative estimate of drug-likeness (QED) is 0.0865. The molecule has 8 heteroatoms. The zero-order chi connectivity index (χ0) is 57.4. The highest BCUT2D eigenvalue weighted by Gasteiger charge is 2.41. The first-order chi connectivity index (χ1) is 40.9. The Labute approximate surface area is 441 Å². The van der Waals surface area contributed by atoms with Gasteiger partial charge in [-0.1, -0.05) is 164 Å². The molecule has 10 aromatic carbocycles. The van der Waals surface area contributed by atoms with Crippen molar-refractivity contribution in [3.05, 3.63) is 255 Å². The molecule has 0 saturated carbocycles. The lowest BCUT2D eigenvalue weighted by Gasteiger charge is -2.34. The van der Waals surface area contributed by atoms with E-state index >= 15 is 0 Å². The molecule has 7 nitrogen and oxygen atoms in total. The van der Waals surface area contributed by atoms with Crippen molar-refractivity contribution in [2.45, 2.75) is 0 Å². The third kappa shape index (κ3) is 6.62. The smallest absolute Gasteiger partial charge is 0.269 e. The Morgan fingerprint density at radius 1 is 0.514 bits per heavy atom. The fraction of sp³-hybridized carbons (Fsp3) is 0. The second-order valence-corrected chi connectivity index (χ2v) is 18.0. The maximum atomic E-state index is 9.09. The van der Waals surface area contributed by atoms with Crippen molar-refractivity contribution in [3.8, 4) is 85.1 Å². The molecule has 74 heavy (non-hydrogen) atoms. The van der Waals surface area contributed by atoms with Gasteiger partial charge in [0.2, 0.25) is 0 Å². The fourth-order valence-electron chi connectivity index (χ4n) is 10.8. The number of nitrogens with zero attached hydrogens (tertiary/aromatic N) is 4. The predicted molar refractivity (Wildman–Crippen MR) is 296 cm³/mol. The normalized spacial score (nSPS) is 14.1. The molecule has 0 N–H and O–H groups in total. The van der Waals surface area contributed by atoms with E-state index in [2.05, 4.69) is 47.3 Å². The molecule has 0 amide bonds. The summed E-state index contributed by atoms with van der Waals surface area (Å²) >= 11 is 0. The van der Waals surface area contributed by atoms with Crippen LogP contribution in [0.1, 0.15) is 13.7 Å². The third-order valence-corrected chi connectivity index (χ3v) is 13.9. The Morgan fingerprint density at radius 2 is 1.16 bits per heavy atom. The predicted octanol–water partition coefficient (Wildman–Crippen LogP) is 13.7. The van der Waals surface area contributed by atoms with Crippen LogP contribution >= 0.6 is 0 Å². The van der Waals surface area contributed by atoms with Gasteiger partial charge < -0.3 is 14.2 Å². The minimum Gasteiger partial charge on any atom is -0.458 e. The Kier molecular flexibility index (Phi) is 7.49. The summed E-state index contributed by atoms with van der Waals surface area (Å²) in [5, 5.41) is 2.00. The summed E-state index contributed by atoms with van der Waals surface area (Å²) in [6, 6.07) is 52.9. The maximum absolute atomic E-state index is 9.09. The van der Waals surface area contributed by atoms with Crippen molar-refractivity contribution in [2.75, 3.05) is 0 Å². The topological polar surface area (TPSA) is 54.3 Å². The largest absolute Gasteiger partial charge is 0.458 e. The average molecular weight is 959 g/mol. The molecule has 5 heterocycles. The van der Waals surface area contributed by atoms with Crippen LogP contribution in [0.15, 0.2) is 249 Å².